The number of allylic oxidation sites excluding steroid dienone is 2. The van der Waals surface area contributed by atoms with Crippen LogP contribution in [-0.2, 0) is 9.59 Å². The molecule has 0 radical (unpaired) electrons. The lowest BCUT2D eigenvalue weighted by atomic mass is 9.73. The van der Waals surface area contributed by atoms with Crippen LogP contribution in [-0.4, -0.2) is 33.0 Å². The van der Waals surface area contributed by atoms with Gasteiger partial charge in [-0.05, 0) is 36.1 Å². The first-order chi connectivity index (χ1) is 15.4. The van der Waals surface area contributed by atoms with Gasteiger partial charge in [-0.1, -0.05) is 29.3 Å². The van der Waals surface area contributed by atoms with E-state index in [1.165, 1.54) is 0 Å². The Kier molecular flexibility index (Phi) is 6.35. The van der Waals surface area contributed by atoms with Crippen molar-refractivity contribution in [2.45, 2.75) is 31.1 Å². The summed E-state index contributed by atoms with van der Waals surface area (Å²) in [7, 11) is 4.63. The van der Waals surface area contributed by atoms with Gasteiger partial charge in [-0.25, -0.2) is 0 Å². The second kappa shape index (κ2) is 9.04. The molecule has 1 aliphatic heterocycles. The molecule has 6 nitrogen and oxygen atoms in total. The van der Waals surface area contributed by atoms with Gasteiger partial charge < -0.3 is 19.5 Å². The van der Waals surface area contributed by atoms with Crippen LogP contribution in [0.2, 0.25) is 10.0 Å². The number of amides is 1. The average Bonchev–Trinajstić information content (AvgIpc) is 2.78. The normalized spacial score (nSPS) is 20.5. The average molecular weight is 476 g/mol. The van der Waals surface area contributed by atoms with E-state index in [0.717, 1.165) is 5.56 Å². The van der Waals surface area contributed by atoms with Crippen LogP contribution in [0.4, 0.5) is 0 Å². The predicted molar refractivity (Wildman–Crippen MR) is 122 cm³/mol. The molecular formula is C24H23Cl2NO5. The molecular weight excluding hydrogens is 453 g/mol. The number of hydrogen-bond acceptors (Lipinski definition) is 5. The monoisotopic (exact) mass is 475 g/mol. The van der Waals surface area contributed by atoms with Crippen molar-refractivity contribution >= 4 is 34.9 Å². The summed E-state index contributed by atoms with van der Waals surface area (Å²) in [5, 5.41) is 3.83. The van der Waals surface area contributed by atoms with Crippen molar-refractivity contribution in [2.75, 3.05) is 21.3 Å². The Hall–Kier alpha value is -2.70. The highest BCUT2D eigenvalue weighted by atomic mass is 35.5. The number of methoxy groups -OCH3 is 3. The summed E-state index contributed by atoms with van der Waals surface area (Å²) in [4.78, 5) is 26.0. The van der Waals surface area contributed by atoms with Crippen molar-refractivity contribution in [1.29, 1.82) is 0 Å². The van der Waals surface area contributed by atoms with E-state index in [-0.39, 0.29) is 24.0 Å². The molecule has 1 heterocycles. The molecule has 1 N–H and O–H groups in total. The number of carbonyl (C=O) groups excluding carboxylic acids is 2. The number of nitrogens with one attached hydrogen (secondary N) is 1. The maximum atomic E-state index is 13.4. The Morgan fingerprint density at radius 2 is 1.53 bits per heavy atom. The molecule has 168 valence electrons. The topological polar surface area (TPSA) is 73.9 Å². The van der Waals surface area contributed by atoms with E-state index in [0.29, 0.717) is 57.0 Å². The Balaban J connectivity index is 1.77. The number of halogens is 2. The third-order valence-corrected chi connectivity index (χ3v) is 6.80. The Labute approximate surface area is 196 Å². The van der Waals surface area contributed by atoms with Crippen LogP contribution in [0.3, 0.4) is 0 Å². The number of benzene rings is 2. The molecule has 8 heteroatoms. The van der Waals surface area contributed by atoms with Gasteiger partial charge >= 0.3 is 0 Å². The Bertz CT molecular complexity index is 1130. The van der Waals surface area contributed by atoms with Crippen LogP contribution in [0.25, 0.3) is 0 Å². The van der Waals surface area contributed by atoms with Crippen LogP contribution >= 0.6 is 23.2 Å². The molecule has 0 saturated heterocycles. The van der Waals surface area contributed by atoms with Gasteiger partial charge in [-0.2, -0.15) is 0 Å². The molecule has 0 fully saturated rings. The highest BCUT2D eigenvalue weighted by Gasteiger charge is 2.39. The highest BCUT2D eigenvalue weighted by Crippen LogP contribution is 2.47. The molecule has 2 aromatic carbocycles. The smallest absolute Gasteiger partial charge is 0.225 e. The number of ketones is 1. The SMILES string of the molecule is COc1cc(OC)c(C2CC(=O)NC3=C2C(=O)CC(c2ccc(Cl)c(Cl)c2)C3)cc1OC. The van der Waals surface area contributed by atoms with Gasteiger partial charge in [0, 0.05) is 41.7 Å². The fraction of sp³-hybridized carbons (Fsp3) is 0.333. The van der Waals surface area contributed by atoms with Crippen molar-refractivity contribution in [1.82, 2.24) is 5.32 Å². The third kappa shape index (κ3) is 4.05. The first-order valence-electron chi connectivity index (χ1n) is 10.2. The molecule has 2 aliphatic rings. The van der Waals surface area contributed by atoms with Gasteiger partial charge in [0.2, 0.25) is 5.91 Å². The van der Waals surface area contributed by atoms with Crippen molar-refractivity contribution in [3.63, 3.8) is 0 Å². The second-order valence-corrected chi connectivity index (χ2v) is 8.66. The maximum absolute atomic E-state index is 13.4. The third-order valence-electron chi connectivity index (χ3n) is 6.06. The summed E-state index contributed by atoms with van der Waals surface area (Å²) < 4.78 is 16.4. The van der Waals surface area contributed by atoms with Crippen LogP contribution < -0.4 is 19.5 Å². The lowest BCUT2D eigenvalue weighted by Gasteiger charge is -2.35. The quantitative estimate of drug-likeness (QED) is 0.656. The molecule has 2 unspecified atom stereocenters. The van der Waals surface area contributed by atoms with E-state index in [4.69, 9.17) is 37.4 Å². The number of ether oxygens (including phenoxy) is 3. The zero-order valence-corrected chi connectivity index (χ0v) is 19.5. The molecule has 0 spiro atoms. The molecule has 0 saturated carbocycles. The zero-order chi connectivity index (χ0) is 23.0. The van der Waals surface area contributed by atoms with Gasteiger partial charge in [-0.3, -0.25) is 9.59 Å². The summed E-state index contributed by atoms with van der Waals surface area (Å²) in [5.74, 6) is 0.870. The molecule has 1 amide bonds. The van der Waals surface area contributed by atoms with E-state index in [1.54, 1.807) is 45.6 Å². The fourth-order valence-electron chi connectivity index (χ4n) is 4.55. The minimum Gasteiger partial charge on any atom is -0.496 e. The van der Waals surface area contributed by atoms with E-state index in [1.807, 2.05) is 6.07 Å². The van der Waals surface area contributed by atoms with Crippen LogP contribution in [0, 0.1) is 0 Å². The molecule has 32 heavy (non-hydrogen) atoms. The summed E-state index contributed by atoms with van der Waals surface area (Å²) >= 11 is 12.2. The number of rotatable bonds is 5. The van der Waals surface area contributed by atoms with Gasteiger partial charge in [0.1, 0.15) is 5.75 Å². The van der Waals surface area contributed by atoms with Crippen molar-refractivity contribution in [2.24, 2.45) is 0 Å². The molecule has 4 rings (SSSR count). The van der Waals surface area contributed by atoms with Crippen molar-refractivity contribution in [3.05, 3.63) is 62.8 Å². The Morgan fingerprint density at radius 1 is 0.844 bits per heavy atom. The summed E-state index contributed by atoms with van der Waals surface area (Å²) in [6, 6.07) is 8.88. The Morgan fingerprint density at radius 3 is 2.19 bits per heavy atom. The van der Waals surface area contributed by atoms with Crippen LogP contribution in [0.1, 0.15) is 42.2 Å². The summed E-state index contributed by atoms with van der Waals surface area (Å²) in [6.07, 6.45) is 0.990. The minimum atomic E-state index is -0.434. The standard InChI is InChI=1S/C24H23Cl2NO5/c1-30-20-11-22(32-3)21(31-2)9-14(20)15-10-23(29)27-18-7-13(8-19(28)24(15)18)12-4-5-16(25)17(26)6-12/h4-6,9,11,13,15H,7-8,10H2,1-3H3,(H,27,29). The van der Waals surface area contributed by atoms with Crippen molar-refractivity contribution < 1.29 is 23.8 Å². The number of carbonyl (C=O) groups is 2. The van der Waals surface area contributed by atoms with E-state index < -0.39 is 5.92 Å². The zero-order valence-electron chi connectivity index (χ0n) is 18.0. The minimum absolute atomic E-state index is 0.0100. The van der Waals surface area contributed by atoms with Gasteiger partial charge in [0.05, 0.1) is 31.4 Å². The van der Waals surface area contributed by atoms with Crippen LogP contribution in [0.5, 0.6) is 17.2 Å². The van der Waals surface area contributed by atoms with E-state index in [2.05, 4.69) is 5.32 Å². The maximum Gasteiger partial charge on any atom is 0.225 e. The largest absolute Gasteiger partial charge is 0.496 e. The van der Waals surface area contributed by atoms with Gasteiger partial charge in [-0.15, -0.1) is 0 Å². The van der Waals surface area contributed by atoms with Crippen molar-refractivity contribution in [3.8, 4) is 17.2 Å². The number of hydrogen-bond donors (Lipinski definition) is 1. The van der Waals surface area contributed by atoms with Gasteiger partial charge in [0.25, 0.3) is 0 Å². The molecule has 2 atom stereocenters. The highest BCUT2D eigenvalue weighted by molar-refractivity contribution is 6.42. The summed E-state index contributed by atoms with van der Waals surface area (Å²) in [6.45, 7) is 0. The first kappa shape index (κ1) is 22.5. The predicted octanol–water partition coefficient (Wildman–Crippen LogP) is 5.02. The molecule has 0 aromatic heterocycles. The van der Waals surface area contributed by atoms with E-state index >= 15 is 0 Å². The van der Waals surface area contributed by atoms with E-state index in [9.17, 15) is 9.59 Å². The molecule has 2 aromatic rings. The van der Waals surface area contributed by atoms with Gasteiger partial charge in [0.15, 0.2) is 17.3 Å². The summed E-state index contributed by atoms with van der Waals surface area (Å²) in [5.41, 5.74) is 2.90. The number of Topliss-reactive ketones (excluding diaryl/α,β-unsaturated/α-hetero) is 1. The molecule has 0 bridgehead atoms. The first-order valence-corrected chi connectivity index (χ1v) is 10.9. The second-order valence-electron chi connectivity index (χ2n) is 7.85. The molecule has 1 aliphatic carbocycles. The van der Waals surface area contributed by atoms with Crippen LogP contribution in [0.15, 0.2) is 41.6 Å². The lowest BCUT2D eigenvalue weighted by Crippen LogP contribution is -2.38. The lowest BCUT2D eigenvalue weighted by molar-refractivity contribution is -0.122. The fourth-order valence-corrected chi connectivity index (χ4v) is 4.86.